The van der Waals surface area contributed by atoms with Crippen LogP contribution in [0.1, 0.15) is 18.9 Å². The number of thiophene rings is 1. The Morgan fingerprint density at radius 1 is 1.52 bits per heavy atom. The zero-order chi connectivity index (χ0) is 16.4. The highest BCUT2D eigenvalue weighted by Crippen LogP contribution is 2.28. The van der Waals surface area contributed by atoms with Gasteiger partial charge in [-0.05, 0) is 18.4 Å². The van der Waals surface area contributed by atoms with Crippen LogP contribution in [0.3, 0.4) is 0 Å². The summed E-state index contributed by atoms with van der Waals surface area (Å²) in [6.07, 6.45) is 0. The number of hydrogen-bond acceptors (Lipinski definition) is 7. The minimum absolute atomic E-state index is 0.199. The number of aliphatic carboxylic acids is 1. The molecule has 1 aliphatic heterocycles. The van der Waals surface area contributed by atoms with Gasteiger partial charge in [0.1, 0.15) is 12.0 Å². The van der Waals surface area contributed by atoms with Crippen LogP contribution in [0.25, 0.3) is 10.7 Å². The molecule has 0 aromatic carbocycles. The van der Waals surface area contributed by atoms with Crippen molar-refractivity contribution in [3.63, 3.8) is 0 Å². The van der Waals surface area contributed by atoms with Crippen molar-refractivity contribution in [3.05, 3.63) is 23.4 Å². The van der Waals surface area contributed by atoms with Gasteiger partial charge in [-0.1, -0.05) is 11.2 Å². The van der Waals surface area contributed by atoms with Gasteiger partial charge in [0.15, 0.2) is 0 Å². The lowest BCUT2D eigenvalue weighted by Crippen LogP contribution is -2.47. The van der Waals surface area contributed by atoms with E-state index >= 15 is 0 Å². The van der Waals surface area contributed by atoms with Crippen molar-refractivity contribution >= 4 is 23.2 Å². The van der Waals surface area contributed by atoms with E-state index in [0.717, 1.165) is 4.88 Å². The van der Waals surface area contributed by atoms with Crippen molar-refractivity contribution < 1.29 is 24.0 Å². The molecule has 8 nitrogen and oxygen atoms in total. The normalized spacial score (nSPS) is 19.5. The van der Waals surface area contributed by atoms with Crippen LogP contribution in [0.15, 0.2) is 22.0 Å². The van der Waals surface area contributed by atoms with Gasteiger partial charge in [0.2, 0.25) is 11.7 Å². The Balaban J connectivity index is 1.84. The van der Waals surface area contributed by atoms with E-state index in [1.54, 1.807) is 0 Å². The molecule has 1 saturated heterocycles. The summed E-state index contributed by atoms with van der Waals surface area (Å²) in [6.45, 7) is 2.20. The van der Waals surface area contributed by atoms with Crippen LogP contribution in [0.5, 0.6) is 0 Å². The van der Waals surface area contributed by atoms with Crippen molar-refractivity contribution in [1.29, 1.82) is 0 Å². The van der Waals surface area contributed by atoms with Crippen molar-refractivity contribution in [1.82, 2.24) is 15.0 Å². The van der Waals surface area contributed by atoms with Gasteiger partial charge in [0, 0.05) is 6.54 Å². The minimum Gasteiger partial charge on any atom is -0.481 e. The maximum absolute atomic E-state index is 12.4. The number of nitrogens with zero attached hydrogens (tertiary/aromatic N) is 3. The number of morpholine rings is 1. The standard InChI is InChI=1S/C14H15N3O5S/c1-8(14(19)20)13(18)17-4-5-21-7-9(17)12-15-11(16-22-12)10-3-2-6-23-10/h2-3,6,8-9H,4-5,7H2,1H3,(H,19,20). The lowest BCUT2D eigenvalue weighted by Gasteiger charge is -2.34. The fraction of sp³-hybridized carbons (Fsp3) is 0.429. The number of carboxylic acids is 1. The first-order valence-corrected chi connectivity index (χ1v) is 7.94. The Morgan fingerprint density at radius 2 is 2.35 bits per heavy atom. The van der Waals surface area contributed by atoms with Crippen LogP contribution in [0.2, 0.25) is 0 Å². The van der Waals surface area contributed by atoms with E-state index in [1.807, 2.05) is 17.5 Å². The Morgan fingerprint density at radius 3 is 3.04 bits per heavy atom. The van der Waals surface area contributed by atoms with E-state index in [1.165, 1.54) is 23.2 Å². The molecule has 2 aromatic rings. The average Bonchev–Trinajstić information content (AvgIpc) is 3.24. The molecule has 2 atom stereocenters. The summed E-state index contributed by atoms with van der Waals surface area (Å²) < 4.78 is 10.7. The maximum atomic E-state index is 12.4. The second-order valence-electron chi connectivity index (χ2n) is 5.12. The highest BCUT2D eigenvalue weighted by Gasteiger charge is 2.36. The van der Waals surface area contributed by atoms with E-state index in [0.29, 0.717) is 12.4 Å². The third-order valence-corrected chi connectivity index (χ3v) is 4.49. The molecule has 0 spiro atoms. The SMILES string of the molecule is CC(C(=O)O)C(=O)N1CCOCC1c1nc(-c2cccs2)no1. The summed E-state index contributed by atoms with van der Waals surface area (Å²) in [5.74, 6) is -2.08. The van der Waals surface area contributed by atoms with Crippen molar-refractivity contribution in [2.45, 2.75) is 13.0 Å². The molecule has 3 heterocycles. The smallest absolute Gasteiger partial charge is 0.315 e. The van der Waals surface area contributed by atoms with Crippen molar-refractivity contribution in [2.75, 3.05) is 19.8 Å². The zero-order valence-electron chi connectivity index (χ0n) is 12.3. The molecule has 0 aliphatic carbocycles. The van der Waals surface area contributed by atoms with Gasteiger partial charge in [0.05, 0.1) is 18.1 Å². The first-order valence-electron chi connectivity index (χ1n) is 7.06. The summed E-state index contributed by atoms with van der Waals surface area (Å²) in [6, 6.07) is 3.18. The van der Waals surface area contributed by atoms with Crippen LogP contribution in [0, 0.1) is 5.92 Å². The predicted molar refractivity (Wildman–Crippen MR) is 79.7 cm³/mol. The summed E-state index contributed by atoms with van der Waals surface area (Å²) >= 11 is 1.48. The minimum atomic E-state index is -1.16. The van der Waals surface area contributed by atoms with Crippen LogP contribution in [0.4, 0.5) is 0 Å². The van der Waals surface area contributed by atoms with E-state index in [-0.39, 0.29) is 19.0 Å². The third-order valence-electron chi connectivity index (χ3n) is 3.62. The Kier molecular flexibility index (Phi) is 4.39. The topological polar surface area (TPSA) is 106 Å². The molecule has 23 heavy (non-hydrogen) atoms. The molecular formula is C14H15N3O5S. The van der Waals surface area contributed by atoms with E-state index in [4.69, 9.17) is 14.4 Å². The Labute approximate surface area is 135 Å². The molecule has 2 unspecified atom stereocenters. The third kappa shape index (κ3) is 3.10. The zero-order valence-corrected chi connectivity index (χ0v) is 13.2. The molecule has 0 bridgehead atoms. The molecule has 0 radical (unpaired) electrons. The van der Waals surface area contributed by atoms with Crippen molar-refractivity contribution in [2.24, 2.45) is 5.92 Å². The van der Waals surface area contributed by atoms with Crippen LogP contribution < -0.4 is 0 Å². The second kappa shape index (κ2) is 6.47. The van der Waals surface area contributed by atoms with Crippen LogP contribution in [-0.2, 0) is 14.3 Å². The molecule has 0 saturated carbocycles. The number of hydrogen-bond donors (Lipinski definition) is 1. The largest absolute Gasteiger partial charge is 0.481 e. The van der Waals surface area contributed by atoms with E-state index in [2.05, 4.69) is 10.1 Å². The summed E-state index contributed by atoms with van der Waals surface area (Å²) in [5, 5.41) is 14.9. The molecular weight excluding hydrogens is 322 g/mol. The van der Waals surface area contributed by atoms with E-state index < -0.39 is 23.8 Å². The summed E-state index contributed by atoms with van der Waals surface area (Å²) in [5.41, 5.74) is 0. The lowest BCUT2D eigenvalue weighted by atomic mass is 10.1. The lowest BCUT2D eigenvalue weighted by molar-refractivity contribution is -0.155. The van der Waals surface area contributed by atoms with Gasteiger partial charge in [-0.15, -0.1) is 11.3 Å². The number of carbonyl (C=O) groups excluding carboxylic acids is 1. The number of ether oxygens (including phenoxy) is 1. The van der Waals surface area contributed by atoms with Gasteiger partial charge >= 0.3 is 5.97 Å². The first-order chi connectivity index (χ1) is 11.1. The number of carbonyl (C=O) groups is 2. The van der Waals surface area contributed by atoms with E-state index in [9.17, 15) is 9.59 Å². The van der Waals surface area contributed by atoms with Gasteiger partial charge < -0.3 is 19.3 Å². The molecule has 122 valence electrons. The molecule has 1 aliphatic rings. The van der Waals surface area contributed by atoms with Gasteiger partial charge in [-0.25, -0.2) is 0 Å². The number of aromatic nitrogens is 2. The monoisotopic (exact) mass is 337 g/mol. The molecule has 1 fully saturated rings. The highest BCUT2D eigenvalue weighted by molar-refractivity contribution is 7.13. The number of amides is 1. The summed E-state index contributed by atoms with van der Waals surface area (Å²) in [4.78, 5) is 30.0. The van der Waals surface area contributed by atoms with Gasteiger partial charge in [0.25, 0.3) is 5.89 Å². The maximum Gasteiger partial charge on any atom is 0.315 e. The Hall–Kier alpha value is -2.26. The second-order valence-corrected chi connectivity index (χ2v) is 6.06. The quantitative estimate of drug-likeness (QED) is 0.841. The predicted octanol–water partition coefficient (Wildman–Crippen LogP) is 1.42. The Bertz CT molecular complexity index is 699. The van der Waals surface area contributed by atoms with Crippen molar-refractivity contribution in [3.8, 4) is 10.7 Å². The molecule has 1 N–H and O–H groups in total. The average molecular weight is 337 g/mol. The molecule has 9 heteroatoms. The molecule has 2 aromatic heterocycles. The first kappa shape index (κ1) is 15.6. The highest BCUT2D eigenvalue weighted by atomic mass is 32.1. The van der Waals surface area contributed by atoms with Crippen LogP contribution in [-0.4, -0.2) is 51.8 Å². The summed E-state index contributed by atoms with van der Waals surface area (Å²) in [7, 11) is 0. The van der Waals surface area contributed by atoms with Gasteiger partial charge in [-0.3, -0.25) is 9.59 Å². The fourth-order valence-corrected chi connectivity index (χ4v) is 2.95. The molecule has 1 amide bonds. The molecule has 3 rings (SSSR count). The number of rotatable bonds is 4. The van der Waals surface area contributed by atoms with Gasteiger partial charge in [-0.2, -0.15) is 4.98 Å². The van der Waals surface area contributed by atoms with Crippen LogP contribution >= 0.6 is 11.3 Å². The fourth-order valence-electron chi connectivity index (χ4n) is 2.30. The number of carboxylic acid groups (broad SMARTS) is 1.